The van der Waals surface area contributed by atoms with Gasteiger partial charge in [-0.3, -0.25) is 4.90 Å². The van der Waals surface area contributed by atoms with E-state index in [4.69, 9.17) is 14.2 Å². The summed E-state index contributed by atoms with van der Waals surface area (Å²) in [4.78, 5) is 2.44. The minimum absolute atomic E-state index is 0. The molecule has 0 unspecified atom stereocenters. The maximum atomic E-state index is 9.83. The van der Waals surface area contributed by atoms with Gasteiger partial charge in [0, 0.05) is 19.1 Å². The fraction of sp³-hybridized carbons (Fsp3) is 0.700. The Hall–Kier alpha value is -1.01. The SMILES string of the molecule is COc1ccc(CCO[C@@H]2CCCC[C@H]2N2CC[C@H](O)C2)cc1OC.Cl. The predicted molar refractivity (Wildman–Crippen MR) is 105 cm³/mol. The molecule has 1 aliphatic carbocycles. The first-order valence-electron chi connectivity index (χ1n) is 9.46. The number of benzene rings is 1. The second kappa shape index (κ2) is 10.4. The Bertz CT molecular complexity index is 557. The molecule has 0 radical (unpaired) electrons. The van der Waals surface area contributed by atoms with E-state index in [2.05, 4.69) is 11.0 Å². The quantitative estimate of drug-likeness (QED) is 0.781. The van der Waals surface area contributed by atoms with E-state index in [0.29, 0.717) is 18.8 Å². The lowest BCUT2D eigenvalue weighted by molar-refractivity contribution is -0.0316. The first-order chi connectivity index (χ1) is 12.2. The molecular formula is C20H32ClNO4. The fourth-order valence-electron chi connectivity index (χ4n) is 4.12. The lowest BCUT2D eigenvalue weighted by Gasteiger charge is -2.37. The Kier molecular flexibility index (Phi) is 8.48. The van der Waals surface area contributed by atoms with E-state index in [1.54, 1.807) is 14.2 Å². The summed E-state index contributed by atoms with van der Waals surface area (Å²) in [7, 11) is 3.31. The molecule has 148 valence electrons. The Labute approximate surface area is 163 Å². The van der Waals surface area contributed by atoms with Gasteiger partial charge in [-0.2, -0.15) is 0 Å². The van der Waals surface area contributed by atoms with Gasteiger partial charge in [0.25, 0.3) is 0 Å². The average molecular weight is 386 g/mol. The van der Waals surface area contributed by atoms with Crippen LogP contribution in [-0.4, -0.2) is 62.2 Å². The normalized spacial score (nSPS) is 26.3. The highest BCUT2D eigenvalue weighted by Crippen LogP contribution is 2.30. The van der Waals surface area contributed by atoms with Gasteiger partial charge in [0.2, 0.25) is 0 Å². The van der Waals surface area contributed by atoms with Crippen molar-refractivity contribution < 1.29 is 19.3 Å². The van der Waals surface area contributed by atoms with Gasteiger partial charge in [-0.05, 0) is 43.4 Å². The van der Waals surface area contributed by atoms with Crippen LogP contribution in [0.2, 0.25) is 0 Å². The monoisotopic (exact) mass is 385 g/mol. The molecule has 2 aliphatic rings. The molecule has 5 nitrogen and oxygen atoms in total. The Morgan fingerprint density at radius 3 is 2.54 bits per heavy atom. The van der Waals surface area contributed by atoms with Gasteiger partial charge in [0.15, 0.2) is 11.5 Å². The van der Waals surface area contributed by atoms with Crippen LogP contribution < -0.4 is 9.47 Å². The highest BCUT2D eigenvalue weighted by molar-refractivity contribution is 5.85. The zero-order valence-electron chi connectivity index (χ0n) is 15.9. The molecule has 0 spiro atoms. The van der Waals surface area contributed by atoms with E-state index in [1.165, 1.54) is 24.8 Å². The van der Waals surface area contributed by atoms with Crippen molar-refractivity contribution in [2.24, 2.45) is 0 Å². The second-order valence-corrected chi connectivity index (χ2v) is 7.14. The standard InChI is InChI=1S/C20H31NO4.ClH/c1-23-19-8-7-15(13-20(19)24-2)10-12-25-18-6-4-3-5-17(18)21-11-9-16(22)14-21;/h7-8,13,16-18,22H,3-6,9-12,14H2,1-2H3;1H/t16-,17+,18+;/m0./s1. The molecule has 26 heavy (non-hydrogen) atoms. The first-order valence-corrected chi connectivity index (χ1v) is 9.46. The van der Waals surface area contributed by atoms with Crippen LogP contribution in [0.15, 0.2) is 18.2 Å². The molecular weight excluding hydrogens is 354 g/mol. The molecule has 0 bridgehead atoms. The number of methoxy groups -OCH3 is 2. The van der Waals surface area contributed by atoms with Gasteiger partial charge in [0.05, 0.1) is 33.0 Å². The van der Waals surface area contributed by atoms with Gasteiger partial charge in [-0.15, -0.1) is 12.4 Å². The zero-order chi connectivity index (χ0) is 17.6. The van der Waals surface area contributed by atoms with Crippen molar-refractivity contribution in [1.29, 1.82) is 0 Å². The number of rotatable bonds is 7. The molecule has 1 saturated heterocycles. The van der Waals surface area contributed by atoms with Crippen molar-refractivity contribution in [2.45, 2.75) is 56.8 Å². The lowest BCUT2D eigenvalue weighted by Crippen LogP contribution is -2.46. The zero-order valence-corrected chi connectivity index (χ0v) is 16.7. The Balaban J connectivity index is 0.00000243. The van der Waals surface area contributed by atoms with Crippen molar-refractivity contribution in [3.8, 4) is 11.5 Å². The summed E-state index contributed by atoms with van der Waals surface area (Å²) in [5, 5.41) is 9.83. The molecule has 3 rings (SSSR count). The maximum absolute atomic E-state index is 9.83. The smallest absolute Gasteiger partial charge is 0.160 e. The summed E-state index contributed by atoms with van der Waals surface area (Å²) >= 11 is 0. The van der Waals surface area contributed by atoms with E-state index >= 15 is 0 Å². The summed E-state index contributed by atoms with van der Waals surface area (Å²) in [5.41, 5.74) is 1.20. The van der Waals surface area contributed by atoms with Gasteiger partial charge in [-0.1, -0.05) is 18.9 Å². The summed E-state index contributed by atoms with van der Waals surface area (Å²) in [6, 6.07) is 6.51. The number of hydrogen-bond donors (Lipinski definition) is 1. The number of hydrogen-bond acceptors (Lipinski definition) is 5. The van der Waals surface area contributed by atoms with Crippen LogP contribution in [-0.2, 0) is 11.2 Å². The Morgan fingerprint density at radius 2 is 1.85 bits per heavy atom. The third-order valence-corrected chi connectivity index (χ3v) is 5.50. The molecule has 1 saturated carbocycles. The molecule has 1 aromatic rings. The Morgan fingerprint density at radius 1 is 1.08 bits per heavy atom. The number of halogens is 1. The molecule has 2 fully saturated rings. The number of ether oxygens (including phenoxy) is 3. The number of aliphatic hydroxyl groups is 1. The molecule has 6 heteroatoms. The van der Waals surface area contributed by atoms with Crippen molar-refractivity contribution in [3.63, 3.8) is 0 Å². The summed E-state index contributed by atoms with van der Waals surface area (Å²) < 4.78 is 16.9. The van der Waals surface area contributed by atoms with Crippen LogP contribution in [0.3, 0.4) is 0 Å². The number of likely N-dealkylation sites (tertiary alicyclic amines) is 1. The van der Waals surface area contributed by atoms with Crippen LogP contribution >= 0.6 is 12.4 Å². The van der Waals surface area contributed by atoms with E-state index in [1.807, 2.05) is 12.1 Å². The fourth-order valence-corrected chi connectivity index (χ4v) is 4.12. The summed E-state index contributed by atoms with van der Waals surface area (Å²) in [6.07, 6.45) is 6.73. The first kappa shape index (κ1) is 21.3. The largest absolute Gasteiger partial charge is 0.493 e. The van der Waals surface area contributed by atoms with Crippen molar-refractivity contribution >= 4 is 12.4 Å². The average Bonchev–Trinajstić information content (AvgIpc) is 3.08. The molecule has 0 amide bonds. The second-order valence-electron chi connectivity index (χ2n) is 7.14. The predicted octanol–water partition coefficient (Wildman–Crippen LogP) is 3.06. The topological polar surface area (TPSA) is 51.2 Å². The summed E-state index contributed by atoms with van der Waals surface area (Å²) in [5.74, 6) is 1.52. The third kappa shape index (κ3) is 5.26. The van der Waals surface area contributed by atoms with Gasteiger partial charge < -0.3 is 19.3 Å². The molecule has 1 heterocycles. The highest BCUT2D eigenvalue weighted by Gasteiger charge is 2.34. The minimum Gasteiger partial charge on any atom is -0.493 e. The summed E-state index contributed by atoms with van der Waals surface area (Å²) in [6.45, 7) is 2.52. The van der Waals surface area contributed by atoms with Gasteiger partial charge >= 0.3 is 0 Å². The molecule has 3 atom stereocenters. The van der Waals surface area contributed by atoms with E-state index < -0.39 is 0 Å². The van der Waals surface area contributed by atoms with E-state index in [9.17, 15) is 5.11 Å². The van der Waals surface area contributed by atoms with Crippen molar-refractivity contribution in [1.82, 2.24) is 4.90 Å². The molecule has 0 aromatic heterocycles. The lowest BCUT2D eigenvalue weighted by atomic mass is 9.91. The van der Waals surface area contributed by atoms with Crippen LogP contribution in [0.4, 0.5) is 0 Å². The molecule has 1 aromatic carbocycles. The number of β-amino-alcohol motifs (C(OH)–C–C–N with tert-alkyl or cyclic N) is 1. The van der Waals surface area contributed by atoms with Crippen LogP contribution in [0, 0.1) is 0 Å². The van der Waals surface area contributed by atoms with Crippen molar-refractivity contribution in [2.75, 3.05) is 33.9 Å². The van der Waals surface area contributed by atoms with Crippen molar-refractivity contribution in [3.05, 3.63) is 23.8 Å². The van der Waals surface area contributed by atoms with Crippen LogP contribution in [0.25, 0.3) is 0 Å². The highest BCUT2D eigenvalue weighted by atomic mass is 35.5. The third-order valence-electron chi connectivity index (χ3n) is 5.50. The minimum atomic E-state index is -0.158. The van der Waals surface area contributed by atoms with Crippen LogP contribution in [0.5, 0.6) is 11.5 Å². The maximum Gasteiger partial charge on any atom is 0.160 e. The van der Waals surface area contributed by atoms with E-state index in [0.717, 1.165) is 43.9 Å². The number of nitrogens with zero attached hydrogens (tertiary/aromatic N) is 1. The van der Waals surface area contributed by atoms with Gasteiger partial charge in [-0.25, -0.2) is 0 Å². The number of aliphatic hydroxyl groups excluding tert-OH is 1. The van der Waals surface area contributed by atoms with Crippen LogP contribution in [0.1, 0.15) is 37.7 Å². The molecule has 1 N–H and O–H groups in total. The molecule has 1 aliphatic heterocycles. The van der Waals surface area contributed by atoms with Gasteiger partial charge in [0.1, 0.15) is 0 Å². The van der Waals surface area contributed by atoms with E-state index in [-0.39, 0.29) is 18.5 Å².